The molecule has 0 aliphatic carbocycles. The largest absolute Gasteiger partial charge is 0.457 e. The lowest BCUT2D eigenvalue weighted by molar-refractivity contribution is 0.0462. The molecule has 0 amide bonds. The number of para-hydroxylation sites is 1. The first-order valence-electron chi connectivity index (χ1n) is 7.89. The average Bonchev–Trinajstić information content (AvgIpc) is 2.61. The van der Waals surface area contributed by atoms with Gasteiger partial charge in [-0.2, -0.15) is 0 Å². The van der Waals surface area contributed by atoms with Crippen molar-refractivity contribution in [2.24, 2.45) is 0 Å². The van der Waals surface area contributed by atoms with Gasteiger partial charge in [-0.05, 0) is 24.6 Å². The van der Waals surface area contributed by atoms with Gasteiger partial charge in [0.15, 0.2) is 0 Å². The molecule has 1 heterocycles. The number of esters is 1. The SMILES string of the molecule is COCc1nc2ccccc2c(C)c1C(=O)OCc1ccccc1F. The van der Waals surface area contributed by atoms with Gasteiger partial charge in [0.05, 0.1) is 23.4 Å². The number of methoxy groups -OCH3 is 1. The molecule has 3 rings (SSSR count). The van der Waals surface area contributed by atoms with Crippen LogP contribution >= 0.6 is 0 Å². The highest BCUT2D eigenvalue weighted by molar-refractivity contribution is 5.98. The first-order valence-corrected chi connectivity index (χ1v) is 7.89. The third-order valence-electron chi connectivity index (χ3n) is 4.03. The zero-order valence-corrected chi connectivity index (χ0v) is 14.1. The van der Waals surface area contributed by atoms with Crippen molar-refractivity contribution in [3.63, 3.8) is 0 Å². The van der Waals surface area contributed by atoms with Crippen LogP contribution in [0.15, 0.2) is 48.5 Å². The molecule has 0 bridgehead atoms. The molecule has 0 aliphatic rings. The van der Waals surface area contributed by atoms with E-state index in [9.17, 15) is 9.18 Å². The van der Waals surface area contributed by atoms with Crippen molar-refractivity contribution in [3.8, 4) is 0 Å². The van der Waals surface area contributed by atoms with E-state index in [1.807, 2.05) is 31.2 Å². The third kappa shape index (κ3) is 3.51. The topological polar surface area (TPSA) is 48.4 Å². The molecular weight excluding hydrogens is 321 g/mol. The van der Waals surface area contributed by atoms with Crippen molar-refractivity contribution in [2.75, 3.05) is 7.11 Å². The molecule has 1 aromatic heterocycles. The summed E-state index contributed by atoms with van der Waals surface area (Å²) in [6.45, 7) is 1.91. The minimum atomic E-state index is -0.536. The number of halogens is 1. The van der Waals surface area contributed by atoms with Gasteiger partial charge < -0.3 is 9.47 Å². The lowest BCUT2D eigenvalue weighted by Gasteiger charge is -2.14. The third-order valence-corrected chi connectivity index (χ3v) is 4.03. The maximum atomic E-state index is 13.7. The molecule has 3 aromatic rings. The molecule has 0 radical (unpaired) electrons. The Morgan fingerprint density at radius 2 is 1.80 bits per heavy atom. The lowest BCUT2D eigenvalue weighted by atomic mass is 10.0. The van der Waals surface area contributed by atoms with Crippen molar-refractivity contribution in [1.82, 2.24) is 4.98 Å². The van der Waals surface area contributed by atoms with Crippen LogP contribution in [0.25, 0.3) is 10.9 Å². The molecule has 0 unspecified atom stereocenters. The summed E-state index contributed by atoms with van der Waals surface area (Å²) in [4.78, 5) is 17.2. The number of pyridine rings is 1. The molecule has 128 valence electrons. The van der Waals surface area contributed by atoms with Crippen LogP contribution in [-0.4, -0.2) is 18.1 Å². The first kappa shape index (κ1) is 17.0. The molecule has 4 nitrogen and oxygen atoms in total. The normalized spacial score (nSPS) is 10.8. The Hall–Kier alpha value is -2.79. The number of hydrogen-bond acceptors (Lipinski definition) is 4. The fraction of sp³-hybridized carbons (Fsp3) is 0.200. The van der Waals surface area contributed by atoms with E-state index >= 15 is 0 Å². The van der Waals surface area contributed by atoms with E-state index in [0.717, 1.165) is 16.5 Å². The summed E-state index contributed by atoms with van der Waals surface area (Å²) >= 11 is 0. The Labute approximate surface area is 145 Å². The van der Waals surface area contributed by atoms with Gasteiger partial charge in [0.25, 0.3) is 0 Å². The Bertz CT molecular complexity index is 924. The predicted molar refractivity (Wildman–Crippen MR) is 92.7 cm³/mol. The summed E-state index contributed by atoms with van der Waals surface area (Å²) in [7, 11) is 1.54. The Morgan fingerprint density at radius 1 is 1.08 bits per heavy atom. The molecule has 25 heavy (non-hydrogen) atoms. The molecule has 0 spiro atoms. The van der Waals surface area contributed by atoms with Crippen molar-refractivity contribution < 1.29 is 18.7 Å². The van der Waals surface area contributed by atoms with Crippen molar-refractivity contribution >= 4 is 16.9 Å². The lowest BCUT2D eigenvalue weighted by Crippen LogP contribution is -2.13. The summed E-state index contributed by atoms with van der Waals surface area (Å²) in [5.74, 6) is -0.938. The van der Waals surface area contributed by atoms with Crippen molar-refractivity contribution in [1.29, 1.82) is 0 Å². The molecule has 2 aromatic carbocycles. The minimum absolute atomic E-state index is 0.135. The first-order chi connectivity index (χ1) is 12.1. The molecule has 0 aliphatic heterocycles. The number of aryl methyl sites for hydroxylation is 1. The van der Waals surface area contributed by atoms with Gasteiger partial charge >= 0.3 is 5.97 Å². The molecule has 0 fully saturated rings. The van der Waals surface area contributed by atoms with E-state index in [4.69, 9.17) is 9.47 Å². The fourth-order valence-corrected chi connectivity index (χ4v) is 2.78. The molecule has 0 atom stereocenters. The summed E-state index contributed by atoms with van der Waals surface area (Å²) in [6, 6.07) is 13.8. The van der Waals surface area contributed by atoms with Crippen LogP contribution in [0.1, 0.15) is 27.2 Å². The van der Waals surface area contributed by atoms with Gasteiger partial charge in [-0.3, -0.25) is 0 Å². The van der Waals surface area contributed by atoms with Crippen LogP contribution in [0.4, 0.5) is 4.39 Å². The second-order valence-electron chi connectivity index (χ2n) is 5.68. The van der Waals surface area contributed by atoms with Gasteiger partial charge in [-0.15, -0.1) is 0 Å². The second kappa shape index (κ2) is 7.40. The zero-order valence-electron chi connectivity index (χ0n) is 14.1. The van der Waals surface area contributed by atoms with E-state index in [1.54, 1.807) is 25.3 Å². The number of aromatic nitrogens is 1. The highest BCUT2D eigenvalue weighted by Gasteiger charge is 2.20. The second-order valence-corrected chi connectivity index (χ2v) is 5.68. The van der Waals surface area contributed by atoms with Crippen molar-refractivity contribution in [2.45, 2.75) is 20.1 Å². The van der Waals surface area contributed by atoms with Gasteiger partial charge in [-0.1, -0.05) is 36.4 Å². The number of rotatable bonds is 5. The van der Waals surface area contributed by atoms with Gasteiger partial charge in [0.1, 0.15) is 12.4 Å². The highest BCUT2D eigenvalue weighted by atomic mass is 19.1. The van der Waals surface area contributed by atoms with Gasteiger partial charge in [-0.25, -0.2) is 14.2 Å². The van der Waals surface area contributed by atoms with Crippen LogP contribution in [0.3, 0.4) is 0 Å². The molecule has 0 saturated carbocycles. The molecule has 5 heteroatoms. The number of carbonyl (C=O) groups excluding carboxylic acids is 1. The van der Waals surface area contributed by atoms with Crippen molar-refractivity contribution in [3.05, 3.63) is 76.7 Å². The van der Waals surface area contributed by atoms with Gasteiger partial charge in [0, 0.05) is 18.1 Å². The van der Waals surface area contributed by atoms with E-state index in [1.165, 1.54) is 6.07 Å². The Morgan fingerprint density at radius 3 is 2.56 bits per heavy atom. The van der Waals surface area contributed by atoms with Crippen LogP contribution in [0.5, 0.6) is 0 Å². The zero-order chi connectivity index (χ0) is 17.8. The minimum Gasteiger partial charge on any atom is -0.457 e. The monoisotopic (exact) mass is 339 g/mol. The average molecular weight is 339 g/mol. The summed E-state index contributed by atoms with van der Waals surface area (Å²) < 4.78 is 24.2. The maximum Gasteiger partial charge on any atom is 0.340 e. The summed E-state index contributed by atoms with van der Waals surface area (Å²) in [6.07, 6.45) is 0. The van der Waals surface area contributed by atoms with E-state index in [-0.39, 0.29) is 13.2 Å². The predicted octanol–water partition coefficient (Wildman–Crippen LogP) is 4.19. The standard InChI is InChI=1S/C20H18FNO3/c1-13-15-8-4-6-10-17(15)22-18(12-24-2)19(13)20(23)25-11-14-7-3-5-9-16(14)21/h3-10H,11-12H2,1-2H3. The van der Waals surface area contributed by atoms with Crippen LogP contribution in [0, 0.1) is 12.7 Å². The molecule has 0 saturated heterocycles. The van der Waals surface area contributed by atoms with Crippen LogP contribution < -0.4 is 0 Å². The number of carbonyl (C=O) groups is 1. The molecule has 0 N–H and O–H groups in total. The highest BCUT2D eigenvalue weighted by Crippen LogP contribution is 2.24. The Kier molecular flexibility index (Phi) is 5.05. The van der Waals surface area contributed by atoms with Crippen LogP contribution in [0.2, 0.25) is 0 Å². The maximum absolute atomic E-state index is 13.7. The van der Waals surface area contributed by atoms with E-state index in [2.05, 4.69) is 4.98 Å². The van der Waals surface area contributed by atoms with E-state index < -0.39 is 11.8 Å². The quantitative estimate of drug-likeness (QED) is 0.654. The number of nitrogens with zero attached hydrogens (tertiary/aromatic N) is 1. The number of benzene rings is 2. The summed E-state index contributed by atoms with van der Waals surface area (Å²) in [5.41, 5.74) is 2.78. The number of fused-ring (bicyclic) bond motifs is 1. The van der Waals surface area contributed by atoms with E-state index in [0.29, 0.717) is 16.8 Å². The van der Waals surface area contributed by atoms with Gasteiger partial charge in [0.2, 0.25) is 0 Å². The smallest absolute Gasteiger partial charge is 0.340 e. The fourth-order valence-electron chi connectivity index (χ4n) is 2.78. The molecular formula is C20H18FNO3. The summed E-state index contributed by atoms with van der Waals surface area (Å²) in [5, 5.41) is 0.875. The number of hydrogen-bond donors (Lipinski definition) is 0. The number of ether oxygens (including phenoxy) is 2. The van der Waals surface area contributed by atoms with Crippen LogP contribution in [-0.2, 0) is 22.7 Å². The Balaban J connectivity index is 1.95.